The highest BCUT2D eigenvalue weighted by molar-refractivity contribution is 7.22. The van der Waals surface area contributed by atoms with Gasteiger partial charge in [0.2, 0.25) is 0 Å². The lowest BCUT2D eigenvalue weighted by Gasteiger charge is -2.07. The second-order valence-electron chi connectivity index (χ2n) is 6.15. The van der Waals surface area contributed by atoms with Gasteiger partial charge in [-0.1, -0.05) is 11.3 Å². The molecule has 0 radical (unpaired) electrons. The molecule has 1 aliphatic rings. The van der Waals surface area contributed by atoms with E-state index < -0.39 is 11.7 Å². The van der Waals surface area contributed by atoms with E-state index >= 15 is 0 Å². The van der Waals surface area contributed by atoms with Gasteiger partial charge in [0.05, 0.1) is 15.8 Å². The molecule has 1 aromatic heterocycles. The number of nitrogens with zero attached hydrogens (tertiary/aromatic N) is 1. The van der Waals surface area contributed by atoms with Crippen molar-refractivity contribution in [3.05, 3.63) is 53.6 Å². The second kappa shape index (κ2) is 6.28. The van der Waals surface area contributed by atoms with E-state index in [0.717, 1.165) is 35.2 Å². The molecule has 1 heterocycles. The first-order chi connectivity index (χ1) is 12.4. The number of alkyl halides is 3. The molecule has 0 saturated heterocycles. The molecule has 4 rings (SSSR count). The third kappa shape index (κ3) is 3.65. The molecule has 0 unspecified atom stereocenters. The van der Waals surface area contributed by atoms with E-state index in [1.165, 1.54) is 23.5 Å². The Bertz CT molecular complexity index is 962. The number of nitrogens with one attached hydrogen (secondary N) is 2. The summed E-state index contributed by atoms with van der Waals surface area (Å²) in [5.41, 5.74) is 1.13. The minimum absolute atomic E-state index is 0.0972. The molecule has 0 spiro atoms. The number of halogens is 3. The summed E-state index contributed by atoms with van der Waals surface area (Å²) in [4.78, 5) is 16.5. The van der Waals surface area contributed by atoms with Crippen molar-refractivity contribution in [3.8, 4) is 0 Å². The molecule has 3 aromatic rings. The maximum Gasteiger partial charge on any atom is 0.416 e. The van der Waals surface area contributed by atoms with Gasteiger partial charge in [-0.15, -0.1) is 0 Å². The summed E-state index contributed by atoms with van der Waals surface area (Å²) in [6.07, 6.45) is -2.31. The Hall–Kier alpha value is -2.61. The number of aromatic nitrogens is 1. The Balaban J connectivity index is 1.52. The second-order valence-corrected chi connectivity index (χ2v) is 7.18. The summed E-state index contributed by atoms with van der Waals surface area (Å²) in [7, 11) is 0. The van der Waals surface area contributed by atoms with Crippen molar-refractivity contribution < 1.29 is 18.0 Å². The molecule has 1 amide bonds. The molecule has 8 heteroatoms. The van der Waals surface area contributed by atoms with Gasteiger partial charge in [0.15, 0.2) is 5.13 Å². The van der Waals surface area contributed by atoms with Crippen LogP contribution >= 0.6 is 11.3 Å². The minimum Gasteiger partial charge on any atom is -0.349 e. The number of benzene rings is 2. The van der Waals surface area contributed by atoms with Gasteiger partial charge in [-0.3, -0.25) is 4.79 Å². The number of rotatable bonds is 4. The molecule has 1 saturated carbocycles. The van der Waals surface area contributed by atoms with E-state index in [1.807, 2.05) is 0 Å². The number of hydrogen-bond acceptors (Lipinski definition) is 4. The predicted molar refractivity (Wildman–Crippen MR) is 94.8 cm³/mol. The standard InChI is InChI=1S/C18H14F3N3OS/c19-18(20,21)11-2-4-13(5-3-11)23-17-24-14-8-1-10(9-15(14)26-17)16(25)22-12-6-7-12/h1-5,8-9,12H,6-7H2,(H,22,25)(H,23,24). The van der Waals surface area contributed by atoms with Crippen molar-refractivity contribution in [1.82, 2.24) is 10.3 Å². The van der Waals surface area contributed by atoms with Crippen LogP contribution in [0.15, 0.2) is 42.5 Å². The monoisotopic (exact) mass is 377 g/mol. The van der Waals surface area contributed by atoms with Crippen molar-refractivity contribution in [2.45, 2.75) is 25.1 Å². The number of thiazole rings is 1. The summed E-state index contributed by atoms with van der Waals surface area (Å²) in [6.45, 7) is 0. The Morgan fingerprint density at radius 2 is 1.85 bits per heavy atom. The zero-order valence-corrected chi connectivity index (χ0v) is 14.2. The number of fused-ring (bicyclic) bond motifs is 1. The van der Waals surface area contributed by atoms with Gasteiger partial charge in [-0.05, 0) is 55.3 Å². The molecule has 4 nitrogen and oxygen atoms in total. The molecule has 2 N–H and O–H groups in total. The first kappa shape index (κ1) is 16.8. The number of carbonyl (C=O) groups is 1. The zero-order chi connectivity index (χ0) is 18.3. The fourth-order valence-electron chi connectivity index (χ4n) is 2.48. The van der Waals surface area contributed by atoms with Crippen LogP contribution < -0.4 is 10.6 Å². The van der Waals surface area contributed by atoms with Crippen molar-refractivity contribution in [3.63, 3.8) is 0 Å². The molecule has 2 aromatic carbocycles. The zero-order valence-electron chi connectivity index (χ0n) is 13.4. The number of hydrogen-bond donors (Lipinski definition) is 2. The predicted octanol–water partition coefficient (Wildman–Crippen LogP) is 4.95. The average molecular weight is 377 g/mol. The van der Waals surface area contributed by atoms with E-state index in [2.05, 4.69) is 15.6 Å². The first-order valence-electron chi connectivity index (χ1n) is 8.04. The molecule has 26 heavy (non-hydrogen) atoms. The molecule has 0 aliphatic heterocycles. The first-order valence-corrected chi connectivity index (χ1v) is 8.86. The maximum absolute atomic E-state index is 12.6. The van der Waals surface area contributed by atoms with Gasteiger partial charge in [0, 0.05) is 17.3 Å². The van der Waals surface area contributed by atoms with Gasteiger partial charge >= 0.3 is 6.18 Å². The number of carbonyl (C=O) groups excluding carboxylic acids is 1. The van der Waals surface area contributed by atoms with E-state index in [0.29, 0.717) is 16.4 Å². The van der Waals surface area contributed by atoms with E-state index in [-0.39, 0.29) is 11.9 Å². The fourth-order valence-corrected chi connectivity index (χ4v) is 3.41. The summed E-state index contributed by atoms with van der Waals surface area (Å²) in [5.74, 6) is -0.0972. The Morgan fingerprint density at radius 3 is 2.50 bits per heavy atom. The lowest BCUT2D eigenvalue weighted by molar-refractivity contribution is -0.137. The molecule has 134 valence electrons. The summed E-state index contributed by atoms with van der Waals surface area (Å²) < 4.78 is 38.7. The maximum atomic E-state index is 12.6. The lowest BCUT2D eigenvalue weighted by atomic mass is 10.2. The van der Waals surface area contributed by atoms with Crippen LogP contribution in [-0.2, 0) is 6.18 Å². The summed E-state index contributed by atoms with van der Waals surface area (Å²) in [5, 5.41) is 6.49. The SMILES string of the molecule is O=C(NC1CC1)c1ccc2nc(Nc3ccc(C(F)(F)F)cc3)sc2c1. The van der Waals surface area contributed by atoms with Crippen LogP contribution in [0.5, 0.6) is 0 Å². The molecule has 0 atom stereocenters. The number of amides is 1. The van der Waals surface area contributed by atoms with Crippen molar-refractivity contribution in [1.29, 1.82) is 0 Å². The molecule has 1 aliphatic carbocycles. The quantitative estimate of drug-likeness (QED) is 0.676. The van der Waals surface area contributed by atoms with Crippen LogP contribution in [0.25, 0.3) is 10.2 Å². The lowest BCUT2D eigenvalue weighted by Crippen LogP contribution is -2.25. The van der Waals surface area contributed by atoms with Crippen LogP contribution in [0.1, 0.15) is 28.8 Å². The average Bonchev–Trinajstić information content (AvgIpc) is 3.31. The Labute approximate surface area is 151 Å². The molecule has 0 bridgehead atoms. The Morgan fingerprint density at radius 1 is 1.12 bits per heavy atom. The minimum atomic E-state index is -4.36. The summed E-state index contributed by atoms with van der Waals surface area (Å²) in [6, 6.07) is 10.3. The third-order valence-corrected chi connectivity index (χ3v) is 4.96. The van der Waals surface area contributed by atoms with Crippen molar-refractivity contribution in [2.75, 3.05) is 5.32 Å². The van der Waals surface area contributed by atoms with Gasteiger partial charge in [0.25, 0.3) is 5.91 Å². The van der Waals surface area contributed by atoms with Crippen LogP contribution in [0.4, 0.5) is 24.0 Å². The molecule has 1 fully saturated rings. The van der Waals surface area contributed by atoms with E-state index in [4.69, 9.17) is 0 Å². The van der Waals surface area contributed by atoms with Crippen LogP contribution in [-0.4, -0.2) is 16.9 Å². The van der Waals surface area contributed by atoms with Crippen molar-refractivity contribution >= 4 is 38.3 Å². The fraction of sp³-hybridized carbons (Fsp3) is 0.222. The molecular weight excluding hydrogens is 363 g/mol. The van der Waals surface area contributed by atoms with Crippen molar-refractivity contribution in [2.24, 2.45) is 0 Å². The normalized spacial score (nSPS) is 14.4. The van der Waals surface area contributed by atoms with Gasteiger partial charge in [-0.25, -0.2) is 4.98 Å². The van der Waals surface area contributed by atoms with E-state index in [1.54, 1.807) is 18.2 Å². The van der Waals surface area contributed by atoms with Crippen LogP contribution in [0.3, 0.4) is 0 Å². The summed E-state index contributed by atoms with van der Waals surface area (Å²) >= 11 is 1.34. The van der Waals surface area contributed by atoms with E-state index in [9.17, 15) is 18.0 Å². The topological polar surface area (TPSA) is 54.0 Å². The molecular formula is C18H14F3N3OS. The van der Waals surface area contributed by atoms with Crippen LogP contribution in [0.2, 0.25) is 0 Å². The Kier molecular flexibility index (Phi) is 4.07. The third-order valence-electron chi connectivity index (χ3n) is 4.03. The largest absolute Gasteiger partial charge is 0.416 e. The highest BCUT2D eigenvalue weighted by atomic mass is 32.1. The van der Waals surface area contributed by atoms with Crippen LogP contribution in [0, 0.1) is 0 Å². The smallest absolute Gasteiger partial charge is 0.349 e. The highest BCUT2D eigenvalue weighted by Crippen LogP contribution is 2.32. The highest BCUT2D eigenvalue weighted by Gasteiger charge is 2.30. The number of anilines is 2. The van der Waals surface area contributed by atoms with Gasteiger partial charge in [0.1, 0.15) is 0 Å². The van der Waals surface area contributed by atoms with Gasteiger partial charge in [-0.2, -0.15) is 13.2 Å². The van der Waals surface area contributed by atoms with Gasteiger partial charge < -0.3 is 10.6 Å².